The third-order valence-corrected chi connectivity index (χ3v) is 5.42. The van der Waals surface area contributed by atoms with E-state index in [9.17, 15) is 8.42 Å². The summed E-state index contributed by atoms with van der Waals surface area (Å²) in [6, 6.07) is 3.04. The Morgan fingerprint density at radius 2 is 2.15 bits per heavy atom. The van der Waals surface area contributed by atoms with Crippen LogP contribution in [0.2, 0.25) is 0 Å². The number of nitrogens with one attached hydrogen (secondary N) is 1. The Labute approximate surface area is 125 Å². The molecular weight excluding hydrogens is 294 g/mol. The predicted molar refractivity (Wildman–Crippen MR) is 81.9 cm³/mol. The highest BCUT2D eigenvalue weighted by atomic mass is 32.2. The molecule has 0 amide bonds. The molecule has 0 radical (unpaired) electrons. The van der Waals surface area contributed by atoms with Crippen LogP contribution in [0.15, 0.2) is 23.2 Å². The van der Waals surface area contributed by atoms with Gasteiger partial charge < -0.3 is 5.73 Å². The van der Waals surface area contributed by atoms with Gasteiger partial charge in [0.15, 0.2) is 0 Å². The second kappa shape index (κ2) is 5.75. The second-order valence-electron chi connectivity index (χ2n) is 5.56. The van der Waals surface area contributed by atoms with Gasteiger partial charge in [-0.15, -0.1) is 0 Å². The van der Waals surface area contributed by atoms with E-state index in [1.807, 2.05) is 0 Å². The van der Waals surface area contributed by atoms with Crippen LogP contribution in [0.25, 0.3) is 0 Å². The van der Waals surface area contributed by atoms with Gasteiger partial charge in [-0.05, 0) is 30.4 Å². The van der Waals surface area contributed by atoms with Crippen LogP contribution in [-0.4, -0.2) is 24.9 Å². The van der Waals surface area contributed by atoms with Gasteiger partial charge >= 0.3 is 0 Å². The molecule has 3 N–H and O–H groups in total. The van der Waals surface area contributed by atoms with Crippen molar-refractivity contribution in [2.45, 2.75) is 37.5 Å². The van der Waals surface area contributed by atoms with Crippen molar-refractivity contribution in [3.8, 4) is 0 Å². The Balaban J connectivity index is 2.20. The lowest BCUT2D eigenvalue weighted by atomic mass is 9.89. The van der Waals surface area contributed by atoms with E-state index in [2.05, 4.69) is 16.6 Å². The van der Waals surface area contributed by atoms with E-state index in [0.29, 0.717) is 6.54 Å². The third kappa shape index (κ3) is 3.34. The Bertz CT molecular complexity index is 608. The largest absolute Gasteiger partial charge is 0.388 e. The van der Waals surface area contributed by atoms with Crippen LogP contribution in [-0.2, 0) is 10.0 Å². The van der Waals surface area contributed by atoms with E-state index in [-0.39, 0.29) is 21.0 Å². The zero-order valence-electron chi connectivity index (χ0n) is 11.4. The Hall–Kier alpha value is -1.05. The average Bonchev–Trinajstić information content (AvgIpc) is 2.84. The summed E-state index contributed by atoms with van der Waals surface area (Å²) in [7, 11) is -3.64. The topological polar surface area (TPSA) is 85.1 Å². The smallest absolute Gasteiger partial charge is 0.242 e. The number of thiocarbonyl (C=S) groups is 1. The molecule has 20 heavy (non-hydrogen) atoms. The summed E-state index contributed by atoms with van der Waals surface area (Å²) < 4.78 is 27.5. The van der Waals surface area contributed by atoms with Crippen molar-refractivity contribution in [3.05, 3.63) is 24.0 Å². The molecule has 0 bridgehead atoms. The van der Waals surface area contributed by atoms with Crippen molar-refractivity contribution >= 4 is 27.2 Å². The highest BCUT2D eigenvalue weighted by Crippen LogP contribution is 2.37. The number of nitrogens with two attached hydrogens (primary N) is 1. The quantitative estimate of drug-likeness (QED) is 0.806. The minimum Gasteiger partial charge on any atom is -0.388 e. The molecule has 0 aliphatic heterocycles. The van der Waals surface area contributed by atoms with Crippen LogP contribution in [0.4, 0.5) is 0 Å². The van der Waals surface area contributed by atoms with E-state index in [1.165, 1.54) is 12.3 Å². The van der Waals surface area contributed by atoms with Gasteiger partial charge in [0.2, 0.25) is 10.0 Å². The normalized spacial score (nSPS) is 18.1. The van der Waals surface area contributed by atoms with Crippen molar-refractivity contribution in [2.75, 3.05) is 6.54 Å². The summed E-state index contributed by atoms with van der Waals surface area (Å²) in [5.41, 5.74) is 5.72. The fourth-order valence-corrected chi connectivity index (χ4v) is 4.14. The maximum absolute atomic E-state index is 12.4. The first-order chi connectivity index (χ1) is 9.34. The van der Waals surface area contributed by atoms with Crippen molar-refractivity contribution in [2.24, 2.45) is 11.1 Å². The van der Waals surface area contributed by atoms with Crippen molar-refractivity contribution in [3.63, 3.8) is 0 Å². The molecule has 1 aromatic heterocycles. The van der Waals surface area contributed by atoms with Crippen LogP contribution < -0.4 is 10.5 Å². The monoisotopic (exact) mass is 313 g/mol. The summed E-state index contributed by atoms with van der Waals surface area (Å²) in [5.74, 6) is 0. The van der Waals surface area contributed by atoms with Crippen molar-refractivity contribution in [1.29, 1.82) is 0 Å². The maximum Gasteiger partial charge on any atom is 0.242 e. The van der Waals surface area contributed by atoms with Gasteiger partial charge in [-0.2, -0.15) is 0 Å². The number of hydrogen-bond acceptors (Lipinski definition) is 4. The van der Waals surface area contributed by atoms with Gasteiger partial charge in [0.1, 0.15) is 15.6 Å². The van der Waals surface area contributed by atoms with Crippen LogP contribution in [0.3, 0.4) is 0 Å². The van der Waals surface area contributed by atoms with Crippen LogP contribution in [0.5, 0.6) is 0 Å². The summed E-state index contributed by atoms with van der Waals surface area (Å²) in [4.78, 5) is 3.99. The van der Waals surface area contributed by atoms with Crippen LogP contribution in [0, 0.1) is 5.41 Å². The summed E-state index contributed by atoms with van der Waals surface area (Å²) in [6.45, 7) is 2.54. The highest BCUT2D eigenvalue weighted by Gasteiger charge is 2.31. The first-order valence-electron chi connectivity index (χ1n) is 6.59. The minimum absolute atomic E-state index is 0.0157. The molecule has 1 fully saturated rings. The Morgan fingerprint density at radius 3 is 2.75 bits per heavy atom. The van der Waals surface area contributed by atoms with Crippen LogP contribution in [0.1, 0.15) is 38.3 Å². The summed E-state index contributed by atoms with van der Waals surface area (Å²) in [5, 5.41) is 0. The fraction of sp³-hybridized carbons (Fsp3) is 0.538. The first-order valence-corrected chi connectivity index (χ1v) is 8.48. The van der Waals surface area contributed by atoms with E-state index >= 15 is 0 Å². The number of rotatable bonds is 5. The molecule has 1 aliphatic rings. The Morgan fingerprint density at radius 1 is 1.50 bits per heavy atom. The molecule has 1 saturated carbocycles. The molecule has 1 aliphatic carbocycles. The lowest BCUT2D eigenvalue weighted by Gasteiger charge is -2.23. The molecular formula is C13H19N3O2S2. The fourth-order valence-electron chi connectivity index (χ4n) is 2.54. The molecule has 5 nitrogen and oxygen atoms in total. The zero-order chi connectivity index (χ0) is 14.8. The van der Waals surface area contributed by atoms with E-state index in [1.54, 1.807) is 6.07 Å². The van der Waals surface area contributed by atoms with Gasteiger partial charge in [0.25, 0.3) is 0 Å². The highest BCUT2D eigenvalue weighted by molar-refractivity contribution is 7.89. The predicted octanol–water partition coefficient (Wildman–Crippen LogP) is 1.57. The SMILES string of the molecule is CC1(CNS(=O)(=O)c2cccnc2C(N)=S)CCCC1. The number of aromatic nitrogens is 1. The molecule has 7 heteroatoms. The van der Waals surface area contributed by atoms with E-state index in [4.69, 9.17) is 18.0 Å². The summed E-state index contributed by atoms with van der Waals surface area (Å²) >= 11 is 4.85. The first kappa shape index (κ1) is 15.3. The van der Waals surface area contributed by atoms with Gasteiger partial charge in [-0.1, -0.05) is 32.0 Å². The number of hydrogen-bond donors (Lipinski definition) is 2. The molecule has 110 valence electrons. The van der Waals surface area contributed by atoms with Crippen molar-refractivity contribution in [1.82, 2.24) is 9.71 Å². The minimum atomic E-state index is -3.64. The Kier molecular flexibility index (Phi) is 4.41. The van der Waals surface area contributed by atoms with Gasteiger partial charge in [-0.3, -0.25) is 4.98 Å². The van der Waals surface area contributed by atoms with Gasteiger partial charge in [0, 0.05) is 12.7 Å². The van der Waals surface area contributed by atoms with Crippen LogP contribution >= 0.6 is 12.2 Å². The second-order valence-corrected chi connectivity index (χ2v) is 7.73. The molecule has 0 saturated heterocycles. The molecule has 2 rings (SSSR count). The zero-order valence-corrected chi connectivity index (χ0v) is 13.1. The maximum atomic E-state index is 12.4. The molecule has 0 spiro atoms. The molecule has 1 aromatic rings. The molecule has 0 unspecified atom stereocenters. The van der Waals surface area contributed by atoms with Crippen molar-refractivity contribution < 1.29 is 8.42 Å². The third-order valence-electron chi connectivity index (χ3n) is 3.79. The number of pyridine rings is 1. The number of sulfonamides is 1. The lowest BCUT2D eigenvalue weighted by molar-refractivity contribution is 0.336. The summed E-state index contributed by atoms with van der Waals surface area (Å²) in [6.07, 6.45) is 5.88. The van der Waals surface area contributed by atoms with E-state index in [0.717, 1.165) is 25.7 Å². The molecule has 1 heterocycles. The molecule has 0 aromatic carbocycles. The average molecular weight is 313 g/mol. The van der Waals surface area contributed by atoms with E-state index < -0.39 is 10.0 Å². The number of nitrogens with zero attached hydrogens (tertiary/aromatic N) is 1. The molecule has 0 atom stereocenters. The lowest BCUT2D eigenvalue weighted by Crippen LogP contribution is -2.35. The van der Waals surface area contributed by atoms with Gasteiger partial charge in [-0.25, -0.2) is 13.1 Å². The van der Waals surface area contributed by atoms with Gasteiger partial charge in [0.05, 0.1) is 0 Å². The standard InChI is InChI=1S/C13H19N3O2S2/c1-13(6-2-3-7-13)9-16-20(17,18)10-5-4-8-15-11(10)12(14)19/h4-5,8,16H,2-3,6-7,9H2,1H3,(H2,14,19).